The molecule has 2 aliphatic rings. The van der Waals surface area contributed by atoms with E-state index < -0.39 is 8.04 Å². The first-order valence-corrected chi connectivity index (χ1v) is 49.3. The molecule has 2 fully saturated rings. The summed E-state index contributed by atoms with van der Waals surface area (Å²) in [6, 6.07) is 50.2. The Labute approximate surface area is 760 Å². The molecule has 109 heavy (non-hydrogen) atoms. The molecule has 2 saturated carbocycles. The third-order valence-electron chi connectivity index (χ3n) is 20.2. The molecular weight excluding hydrogens is 1620 g/mol. The van der Waals surface area contributed by atoms with E-state index in [-0.39, 0.29) is 104 Å². The van der Waals surface area contributed by atoms with Crippen molar-refractivity contribution < 1.29 is 79.1 Å². The summed E-state index contributed by atoms with van der Waals surface area (Å²) < 4.78 is 45.7. The quantitative estimate of drug-likeness (QED) is 0.0433. The van der Waals surface area contributed by atoms with Crippen LogP contribution in [0.1, 0.15) is 270 Å². The first-order valence-electron chi connectivity index (χ1n) is 40.7. The summed E-state index contributed by atoms with van der Waals surface area (Å²) in [6.07, 6.45) is 31.6. The standard InChI is InChI=1S/C23H28S2.C19H26S.C16H17N.C13H20S.C12H18S.C7H10S.CH5P.CH4.K.H4OP2.H2OP2.H2P.V/c1-4-5-6-7-8-9-19-11-13-20(14-12-19)21-16-18(3)25-23(21)22-15-10-17(2)24-22;1-4-5-6-7-8-9-17-10-12-18(13-11-17)19-14-15(2)20-16(19)3;1-3-12(2)17-15-10-6-4-8-13(15)14-9-5-7-11-16(14)17;1-9-10(2)14-11(3)13(9)12-7-5-4-6-8-12;1-9-8-12(10(2)13-9)11-6-4-3-5-7-11;1-5-4-6(2)8-7(5)3;1-2;;;2*1-3-2;;/h10-16H,4-9H2,1-3H3;10-14H,4-9H2,1-3H3;4-12H,3H2,1-2H3;12H,4-8H2,1-3H3;8,11H,3-7H2,1-2H3;4H,1-3H3;2H2,1H3;1H4;;2-3H2;2H2;1H2;/q;;;;;;;;+1;;;-1;/i;;;;;;2T;;;3T2;2T;;. The van der Waals surface area contributed by atoms with Crippen LogP contribution in [-0.4, -0.2) is 16.3 Å². The maximum atomic E-state index is 9.51. The van der Waals surface area contributed by atoms with Gasteiger partial charge in [-0.3, -0.25) is 4.57 Å². The fourth-order valence-electron chi connectivity index (χ4n) is 14.6. The van der Waals surface area contributed by atoms with Gasteiger partial charge in [-0.2, -0.15) is 0 Å². The number of benzene rings is 4. The minimum Gasteiger partial charge on any atom is -0.577 e. The van der Waals surface area contributed by atoms with Gasteiger partial charge < -0.3 is 19.0 Å². The molecule has 2 aliphatic carbocycles. The molecule has 7 heterocycles. The number of hydrogen-bond acceptors (Lipinski definition) is 8. The van der Waals surface area contributed by atoms with E-state index in [2.05, 4.69) is 249 Å². The van der Waals surface area contributed by atoms with E-state index in [9.17, 15) is 4.57 Å². The smallest absolute Gasteiger partial charge is 0.577 e. The van der Waals surface area contributed by atoms with Crippen LogP contribution in [-0.2, 0) is 40.5 Å². The Balaban J connectivity index is 0.000000667. The minimum atomic E-state index is -3.22. The number of aromatic nitrogens is 1. The van der Waals surface area contributed by atoms with Crippen LogP contribution in [0.3, 0.4) is 0 Å². The fourth-order valence-corrected chi connectivity index (χ4v) is 20.7. The first kappa shape index (κ1) is 98.7. The molecule has 4 unspecified atom stereocenters. The summed E-state index contributed by atoms with van der Waals surface area (Å²) in [5, 5.41) is 2.73. The number of hydrogen-bond donors (Lipinski definition) is 0. The van der Waals surface area contributed by atoms with E-state index in [1.54, 1.807) is 35.4 Å². The van der Waals surface area contributed by atoms with E-state index in [0.29, 0.717) is 15.2 Å². The van der Waals surface area contributed by atoms with Crippen molar-refractivity contribution in [2.45, 2.75) is 284 Å². The molecule has 0 N–H and O–H groups in total. The molecule has 0 saturated heterocycles. The van der Waals surface area contributed by atoms with Gasteiger partial charge in [0, 0.05) is 106 Å². The molecule has 13 rings (SSSR count). The number of fused-ring (bicyclic) bond motifs is 3. The van der Waals surface area contributed by atoms with Gasteiger partial charge in [0.25, 0.3) is 0 Å². The first-order chi connectivity index (χ1) is 52.2. The Kier molecular flexibility index (Phi) is 54.1. The van der Waals surface area contributed by atoms with Crippen molar-refractivity contribution in [2.75, 3.05) is 6.66 Å². The van der Waals surface area contributed by atoms with Gasteiger partial charge in [0.05, 0.1) is 15.5 Å². The molecule has 11 aromatic rings. The van der Waals surface area contributed by atoms with Gasteiger partial charge in [0.2, 0.25) is 0 Å². The molecule has 17 heteroatoms. The molecule has 0 amide bonds. The number of aryl methyl sites for hydroxylation is 13. The summed E-state index contributed by atoms with van der Waals surface area (Å²) in [4.78, 5) is 17.4. The molecule has 7 aromatic heterocycles. The SMILES string of the molecule is C.CCC(C)n1c2ccccc2c2ccccc21.CCCCCCCc1ccc(-c2cc(C)sc2-c2ccc(C)s2)cc1.CCCCCCCc1ccc(-c2cc(C)sc2C)cc1.Cc1cc(C)c(C)s1.Cc1cc(C2CCCCC2)c(C)s1.Cc1sc(C)c(C2CCCCC2)c1C.[3H]P([3H])(=O)P.[3H]PC.[3H]PP=O.[K+].[PH2-].[V]. The van der Waals surface area contributed by atoms with Crippen LogP contribution in [0.15, 0.2) is 133 Å². The second kappa shape index (κ2) is 59.8. The van der Waals surface area contributed by atoms with Crippen molar-refractivity contribution in [3.8, 4) is 32.0 Å². The van der Waals surface area contributed by atoms with E-state index in [0.717, 1.165) is 18.3 Å². The molecule has 4 aromatic carbocycles. The zero-order valence-corrected chi connectivity index (χ0v) is 84.4. The molecule has 4 atom stereocenters. The summed E-state index contributed by atoms with van der Waals surface area (Å²) in [7, 11) is -1.53. The second-order valence-corrected chi connectivity index (χ2v) is 38.2. The van der Waals surface area contributed by atoms with Crippen LogP contribution < -0.4 is 51.4 Å². The number of rotatable bonds is 20. The largest absolute Gasteiger partial charge is 1.00 e. The van der Waals surface area contributed by atoms with Gasteiger partial charge in [0.1, 0.15) is 2.56 Å². The minimum absolute atomic E-state index is 0. The van der Waals surface area contributed by atoms with Crippen molar-refractivity contribution in [3.63, 3.8) is 0 Å². The average Bonchev–Trinajstić information content (AvgIpc) is 1.61. The zero-order chi connectivity index (χ0) is 80.0. The van der Waals surface area contributed by atoms with Gasteiger partial charge >= 0.3 is 51.4 Å². The monoisotopic (exact) mass is 1760 g/mol. The molecule has 0 spiro atoms. The van der Waals surface area contributed by atoms with E-state index >= 15 is 0 Å². The molecule has 0 aliphatic heterocycles. The Hall–Kier alpha value is -0.849. The molecule has 1 radical (unpaired) electrons. The van der Waals surface area contributed by atoms with Crippen LogP contribution in [0.2, 0.25) is 0 Å². The normalized spacial score (nSPS) is 13.3. The third kappa shape index (κ3) is 35.7. The van der Waals surface area contributed by atoms with Crippen LogP contribution in [0.4, 0.5) is 0 Å². The summed E-state index contributed by atoms with van der Waals surface area (Å²) in [5.74, 6) is 1.77. The van der Waals surface area contributed by atoms with Crippen molar-refractivity contribution >= 4 is 143 Å². The maximum absolute atomic E-state index is 9.51. The Morgan fingerprint density at radius 2 is 0.954 bits per heavy atom. The third-order valence-corrected chi connectivity index (χ3v) is 26.6. The van der Waals surface area contributed by atoms with E-state index in [4.69, 9.17) is 9.68 Å². The Morgan fingerprint density at radius 3 is 1.34 bits per heavy atom. The number of para-hydroxylation sites is 2. The van der Waals surface area contributed by atoms with Gasteiger partial charge in [-0.1, -0.05) is 219 Å². The average molecular weight is 1760 g/mol. The van der Waals surface area contributed by atoms with Gasteiger partial charge in [0.15, 0.2) is 8.15 Å². The van der Waals surface area contributed by atoms with Crippen LogP contribution in [0, 0.1) is 83.1 Å². The van der Waals surface area contributed by atoms with E-state index in [1.165, 1.54) is 251 Å². The topological polar surface area (TPSA) is 39.1 Å². The number of unbranched alkanes of at least 4 members (excludes halogenated alkanes) is 8. The molecule has 3 nitrogen and oxygen atoms in total. The van der Waals surface area contributed by atoms with Crippen LogP contribution in [0.25, 0.3) is 53.8 Å². The molecular formula is C92H136KNO2P6S6V. The van der Waals surface area contributed by atoms with Gasteiger partial charge in [-0.25, -0.2) is 0 Å². The molecule has 0 bridgehead atoms. The Bertz CT molecular complexity index is 4350. The van der Waals surface area contributed by atoms with Gasteiger partial charge in [-0.05, 0) is 267 Å². The fraction of sp³-hybridized carbons (Fsp3) is 0.478. The van der Waals surface area contributed by atoms with Crippen LogP contribution in [0.5, 0.6) is 0 Å². The van der Waals surface area contributed by atoms with Crippen molar-refractivity contribution in [3.05, 3.63) is 216 Å². The Morgan fingerprint density at radius 1 is 0.523 bits per heavy atom. The number of nitrogens with zero attached hydrogens (tertiary/aromatic N) is 1. The molecule has 593 valence electrons. The summed E-state index contributed by atoms with van der Waals surface area (Å²) >= 11 is 11.5. The summed E-state index contributed by atoms with van der Waals surface area (Å²) in [5.41, 5.74) is 17.5. The van der Waals surface area contributed by atoms with Crippen molar-refractivity contribution in [1.82, 2.24) is 4.57 Å². The van der Waals surface area contributed by atoms with E-state index in [1.807, 2.05) is 74.7 Å². The predicted octanol–water partition coefficient (Wildman–Crippen LogP) is 31.4. The van der Waals surface area contributed by atoms with Crippen molar-refractivity contribution in [2.24, 2.45) is 0 Å². The maximum Gasteiger partial charge on any atom is 1.00 e. The second-order valence-electron chi connectivity index (χ2n) is 28.3. The van der Waals surface area contributed by atoms with Gasteiger partial charge in [-0.15, -0.1) is 77.2 Å². The summed E-state index contributed by atoms with van der Waals surface area (Å²) in [6.45, 7) is 37.5. The van der Waals surface area contributed by atoms with Crippen molar-refractivity contribution in [1.29, 1.82) is 5.11 Å². The predicted molar refractivity (Wildman–Crippen MR) is 513 cm³/mol. The number of thiophene rings is 6. The van der Waals surface area contributed by atoms with Crippen LogP contribution >= 0.6 is 121 Å². The zero-order valence-electron chi connectivity index (χ0n) is 72.9.